The second-order valence-corrected chi connectivity index (χ2v) is 5.82. The van der Waals surface area contributed by atoms with Crippen molar-refractivity contribution in [2.24, 2.45) is 11.8 Å². The highest BCUT2D eigenvalue weighted by atomic mass is 16.5. The zero-order chi connectivity index (χ0) is 12.9. The van der Waals surface area contributed by atoms with Gasteiger partial charge in [0.2, 0.25) is 5.91 Å². The van der Waals surface area contributed by atoms with E-state index < -0.39 is 17.6 Å². The molecule has 0 bridgehead atoms. The van der Waals surface area contributed by atoms with Gasteiger partial charge in [-0.15, -0.1) is 0 Å². The molecular weight excluding hydrogens is 234 g/mol. The van der Waals surface area contributed by atoms with Crippen LogP contribution < -0.4 is 0 Å². The third kappa shape index (κ3) is 1.72. The molecule has 1 heterocycles. The summed E-state index contributed by atoms with van der Waals surface area (Å²) in [6, 6.07) is 0. The Morgan fingerprint density at radius 1 is 1.28 bits per heavy atom. The summed E-state index contributed by atoms with van der Waals surface area (Å²) in [7, 11) is 0. The topological polar surface area (TPSA) is 66.8 Å². The summed E-state index contributed by atoms with van der Waals surface area (Å²) in [5.74, 6) is -1.63. The Kier molecular flexibility index (Phi) is 2.62. The SMILES string of the molecule is C[C@H]1CN(C(=O)[C@H]2C[C@H]2C(=O)O)C2(CCCC2)O1. The van der Waals surface area contributed by atoms with E-state index in [1.807, 2.05) is 11.8 Å². The van der Waals surface area contributed by atoms with Gasteiger partial charge in [0.05, 0.1) is 17.9 Å². The molecule has 3 aliphatic rings. The Balaban J connectivity index is 1.75. The van der Waals surface area contributed by atoms with Crippen molar-refractivity contribution >= 4 is 11.9 Å². The minimum Gasteiger partial charge on any atom is -0.481 e. The van der Waals surface area contributed by atoms with Crippen LogP contribution in [0.25, 0.3) is 0 Å². The molecule has 3 atom stereocenters. The van der Waals surface area contributed by atoms with E-state index in [-0.39, 0.29) is 17.9 Å². The predicted octanol–water partition coefficient (Wildman–Crippen LogP) is 1.22. The van der Waals surface area contributed by atoms with Gasteiger partial charge in [-0.3, -0.25) is 9.59 Å². The van der Waals surface area contributed by atoms with Gasteiger partial charge in [-0.1, -0.05) is 0 Å². The standard InChI is InChI=1S/C13H19NO4/c1-8-7-14(13(18-8)4-2-3-5-13)11(15)9-6-10(9)12(16)17/h8-10H,2-7H2,1H3,(H,16,17)/t8-,9-,10+/m0/s1. The summed E-state index contributed by atoms with van der Waals surface area (Å²) >= 11 is 0. The van der Waals surface area contributed by atoms with Crippen molar-refractivity contribution in [2.75, 3.05) is 6.54 Å². The summed E-state index contributed by atoms with van der Waals surface area (Å²) in [6.45, 7) is 2.59. The van der Waals surface area contributed by atoms with Gasteiger partial charge < -0.3 is 14.7 Å². The van der Waals surface area contributed by atoms with Gasteiger partial charge in [-0.25, -0.2) is 0 Å². The van der Waals surface area contributed by atoms with Gasteiger partial charge in [0.15, 0.2) is 0 Å². The highest BCUT2D eigenvalue weighted by Crippen LogP contribution is 2.47. The molecule has 1 spiro atoms. The van der Waals surface area contributed by atoms with E-state index in [9.17, 15) is 9.59 Å². The smallest absolute Gasteiger partial charge is 0.307 e. The van der Waals surface area contributed by atoms with Gasteiger partial charge >= 0.3 is 5.97 Å². The van der Waals surface area contributed by atoms with Gasteiger partial charge in [-0.2, -0.15) is 0 Å². The predicted molar refractivity (Wildman–Crippen MR) is 62.7 cm³/mol. The van der Waals surface area contributed by atoms with Crippen LogP contribution in [0, 0.1) is 11.8 Å². The Morgan fingerprint density at radius 2 is 1.94 bits per heavy atom. The van der Waals surface area contributed by atoms with Crippen LogP contribution in [0.15, 0.2) is 0 Å². The lowest BCUT2D eigenvalue weighted by atomic mass is 10.1. The van der Waals surface area contributed by atoms with Gasteiger partial charge in [-0.05, 0) is 39.0 Å². The van der Waals surface area contributed by atoms with E-state index in [0.717, 1.165) is 25.7 Å². The maximum atomic E-state index is 12.4. The van der Waals surface area contributed by atoms with Crippen LogP contribution >= 0.6 is 0 Å². The number of carbonyl (C=O) groups is 2. The second-order valence-electron chi connectivity index (χ2n) is 5.82. The highest BCUT2D eigenvalue weighted by molar-refractivity contribution is 5.90. The van der Waals surface area contributed by atoms with Crippen LogP contribution in [-0.4, -0.2) is 40.3 Å². The minimum absolute atomic E-state index is 0.00588. The molecule has 3 rings (SSSR count). The molecule has 100 valence electrons. The van der Waals surface area contributed by atoms with Crippen molar-refractivity contribution in [3.8, 4) is 0 Å². The zero-order valence-electron chi connectivity index (χ0n) is 10.6. The average molecular weight is 253 g/mol. The first-order valence-electron chi connectivity index (χ1n) is 6.76. The number of carbonyl (C=O) groups excluding carboxylic acids is 1. The second kappa shape index (κ2) is 3.95. The molecule has 1 N–H and O–H groups in total. The first kappa shape index (κ1) is 12.0. The maximum Gasteiger partial charge on any atom is 0.307 e. The Bertz CT molecular complexity index is 388. The molecule has 5 nitrogen and oxygen atoms in total. The number of rotatable bonds is 2. The molecule has 0 aromatic carbocycles. The molecule has 0 aromatic rings. The lowest BCUT2D eigenvalue weighted by Gasteiger charge is -2.33. The number of hydrogen-bond acceptors (Lipinski definition) is 3. The molecule has 2 saturated carbocycles. The van der Waals surface area contributed by atoms with Crippen molar-refractivity contribution < 1.29 is 19.4 Å². The highest BCUT2D eigenvalue weighted by Gasteiger charge is 2.56. The fourth-order valence-electron chi connectivity index (χ4n) is 3.45. The molecule has 1 amide bonds. The normalized spacial score (nSPS) is 37.2. The van der Waals surface area contributed by atoms with E-state index in [0.29, 0.717) is 13.0 Å². The molecule has 2 aliphatic carbocycles. The van der Waals surface area contributed by atoms with Crippen LogP contribution in [0.3, 0.4) is 0 Å². The lowest BCUT2D eigenvalue weighted by Crippen LogP contribution is -2.47. The largest absolute Gasteiger partial charge is 0.481 e. The number of carboxylic acids is 1. The van der Waals surface area contributed by atoms with Crippen LogP contribution in [-0.2, 0) is 14.3 Å². The van der Waals surface area contributed by atoms with Gasteiger partial charge in [0, 0.05) is 6.54 Å². The number of ether oxygens (including phenoxy) is 1. The monoisotopic (exact) mass is 253 g/mol. The van der Waals surface area contributed by atoms with E-state index in [4.69, 9.17) is 9.84 Å². The van der Waals surface area contributed by atoms with E-state index in [2.05, 4.69) is 0 Å². The quantitative estimate of drug-likeness (QED) is 0.803. The molecule has 0 aromatic heterocycles. The molecule has 0 radical (unpaired) electrons. The molecule has 1 saturated heterocycles. The van der Waals surface area contributed by atoms with Crippen LogP contribution in [0.5, 0.6) is 0 Å². The van der Waals surface area contributed by atoms with Crippen molar-refractivity contribution in [2.45, 2.75) is 50.9 Å². The fraction of sp³-hybridized carbons (Fsp3) is 0.846. The average Bonchev–Trinajstić information content (AvgIpc) is 2.90. The number of aliphatic carboxylic acids is 1. The molecule has 5 heteroatoms. The number of nitrogens with zero attached hydrogens (tertiary/aromatic N) is 1. The van der Waals surface area contributed by atoms with Crippen LogP contribution in [0.2, 0.25) is 0 Å². The number of amides is 1. The van der Waals surface area contributed by atoms with Gasteiger partial charge in [0.25, 0.3) is 0 Å². The summed E-state index contributed by atoms with van der Waals surface area (Å²) in [5.41, 5.74) is -0.415. The zero-order valence-corrected chi connectivity index (χ0v) is 10.6. The van der Waals surface area contributed by atoms with Crippen LogP contribution in [0.4, 0.5) is 0 Å². The third-order valence-corrected chi connectivity index (χ3v) is 4.43. The fourth-order valence-corrected chi connectivity index (χ4v) is 3.45. The van der Waals surface area contributed by atoms with Gasteiger partial charge in [0.1, 0.15) is 5.72 Å². The van der Waals surface area contributed by atoms with E-state index in [1.165, 1.54) is 0 Å². The first-order chi connectivity index (χ1) is 8.53. The Hall–Kier alpha value is -1.10. The van der Waals surface area contributed by atoms with Crippen molar-refractivity contribution in [3.05, 3.63) is 0 Å². The minimum atomic E-state index is -0.845. The lowest BCUT2D eigenvalue weighted by molar-refractivity contribution is -0.154. The molecule has 3 fully saturated rings. The summed E-state index contributed by atoms with van der Waals surface area (Å²) in [6.07, 6.45) is 4.53. The van der Waals surface area contributed by atoms with Crippen molar-refractivity contribution in [1.82, 2.24) is 4.90 Å². The summed E-state index contributed by atoms with van der Waals surface area (Å²) < 4.78 is 5.97. The third-order valence-electron chi connectivity index (χ3n) is 4.43. The number of carboxylic acid groups (broad SMARTS) is 1. The molecule has 0 unspecified atom stereocenters. The van der Waals surface area contributed by atoms with E-state index >= 15 is 0 Å². The Morgan fingerprint density at radius 3 is 2.50 bits per heavy atom. The first-order valence-corrected chi connectivity index (χ1v) is 6.76. The summed E-state index contributed by atoms with van der Waals surface area (Å²) in [4.78, 5) is 25.1. The van der Waals surface area contributed by atoms with Crippen LogP contribution in [0.1, 0.15) is 39.0 Å². The maximum absolute atomic E-state index is 12.4. The number of hydrogen-bond donors (Lipinski definition) is 1. The Labute approximate surface area is 106 Å². The van der Waals surface area contributed by atoms with E-state index in [1.54, 1.807) is 0 Å². The summed E-state index contributed by atoms with van der Waals surface area (Å²) in [5, 5.41) is 8.92. The molecule has 1 aliphatic heterocycles. The van der Waals surface area contributed by atoms with Crippen molar-refractivity contribution in [1.29, 1.82) is 0 Å². The molecular formula is C13H19NO4. The van der Waals surface area contributed by atoms with Crippen molar-refractivity contribution in [3.63, 3.8) is 0 Å². The molecule has 18 heavy (non-hydrogen) atoms.